The molecule has 3 heterocycles. The molecule has 3 aromatic rings. The number of rotatable bonds is 5. The van der Waals surface area contributed by atoms with Crippen LogP contribution < -0.4 is 14.8 Å². The van der Waals surface area contributed by atoms with E-state index in [1.807, 2.05) is 0 Å². The number of amides is 2. The van der Waals surface area contributed by atoms with Crippen molar-refractivity contribution in [3.8, 4) is 22.8 Å². The Balaban J connectivity index is 1.33. The summed E-state index contributed by atoms with van der Waals surface area (Å²) in [5, 5.41) is 3.11. The van der Waals surface area contributed by atoms with Gasteiger partial charge >= 0.3 is 6.18 Å². The van der Waals surface area contributed by atoms with Crippen LogP contribution in [-0.2, 0) is 6.18 Å². The number of aryl methyl sites for hydroxylation is 1. The van der Waals surface area contributed by atoms with E-state index in [2.05, 4.69) is 10.3 Å². The van der Waals surface area contributed by atoms with E-state index in [9.17, 15) is 22.8 Å². The highest BCUT2D eigenvalue weighted by Gasteiger charge is 2.35. The van der Waals surface area contributed by atoms with Crippen molar-refractivity contribution < 1.29 is 32.2 Å². The van der Waals surface area contributed by atoms with Crippen molar-refractivity contribution in [2.75, 3.05) is 32.1 Å². The number of para-hydroxylation sites is 1. The molecule has 1 saturated heterocycles. The number of benzene rings is 2. The van der Waals surface area contributed by atoms with Crippen LogP contribution in [0.15, 0.2) is 42.5 Å². The zero-order valence-electron chi connectivity index (χ0n) is 19.6. The van der Waals surface area contributed by atoms with Crippen molar-refractivity contribution in [3.63, 3.8) is 0 Å². The number of thioether (sulfide) groups is 1. The summed E-state index contributed by atoms with van der Waals surface area (Å²) >= 11 is 2.67. The Labute approximate surface area is 219 Å². The molecule has 5 rings (SSSR count). The summed E-state index contributed by atoms with van der Waals surface area (Å²) in [5.74, 6) is 0.898. The van der Waals surface area contributed by atoms with Crippen molar-refractivity contribution >= 4 is 34.9 Å². The van der Waals surface area contributed by atoms with Crippen LogP contribution in [-0.4, -0.2) is 59.1 Å². The monoisotopic (exact) mass is 549 g/mol. The molecule has 1 fully saturated rings. The Morgan fingerprint density at radius 3 is 2.76 bits per heavy atom. The van der Waals surface area contributed by atoms with Crippen LogP contribution in [0.5, 0.6) is 11.5 Å². The van der Waals surface area contributed by atoms with E-state index in [0.29, 0.717) is 47.6 Å². The van der Waals surface area contributed by atoms with Gasteiger partial charge in [-0.1, -0.05) is 18.2 Å². The second-order valence-corrected chi connectivity index (χ2v) is 10.8. The summed E-state index contributed by atoms with van der Waals surface area (Å²) in [6.07, 6.45) is -4.50. The molecule has 1 aromatic heterocycles. The van der Waals surface area contributed by atoms with Gasteiger partial charge in [0.25, 0.3) is 11.8 Å². The largest absolute Gasteiger partial charge is 0.486 e. The molecule has 2 aliphatic heterocycles. The van der Waals surface area contributed by atoms with Gasteiger partial charge in [0.05, 0.1) is 27.2 Å². The number of fused-ring (bicyclic) bond motifs is 1. The number of nitrogens with one attached hydrogen (secondary N) is 1. The Morgan fingerprint density at radius 1 is 1.16 bits per heavy atom. The third kappa shape index (κ3) is 5.26. The minimum absolute atomic E-state index is 0.191. The van der Waals surface area contributed by atoms with Crippen molar-refractivity contribution in [2.24, 2.45) is 0 Å². The maximum Gasteiger partial charge on any atom is 0.416 e. The number of ether oxygens (including phenoxy) is 2. The summed E-state index contributed by atoms with van der Waals surface area (Å²) in [6, 6.07) is 9.91. The molecule has 37 heavy (non-hydrogen) atoms. The lowest BCUT2D eigenvalue weighted by atomic mass is 10.1. The van der Waals surface area contributed by atoms with Crippen molar-refractivity contribution in [2.45, 2.75) is 18.5 Å². The van der Waals surface area contributed by atoms with E-state index >= 15 is 0 Å². The van der Waals surface area contributed by atoms with Gasteiger partial charge in [-0.3, -0.25) is 9.59 Å². The second kappa shape index (κ2) is 10.3. The second-order valence-electron chi connectivity index (χ2n) is 8.35. The standard InChI is InChI=1S/C25H22F3N3O4S2/c1-14-30-20(15-4-2-5-16(12-15)25(26,27)28)22(37-14)24(33)31-8-11-36-19(31)13-29-23(32)17-6-3-7-18-21(17)35-10-9-34-18/h2-7,12,19H,8-11,13H2,1H3,(H,29,32). The Hall–Kier alpha value is -3.25. The van der Waals surface area contributed by atoms with E-state index in [-0.39, 0.29) is 39.9 Å². The molecular formula is C25H22F3N3O4S2. The lowest BCUT2D eigenvalue weighted by Gasteiger charge is -2.24. The molecule has 1 N–H and O–H groups in total. The molecule has 0 radical (unpaired) electrons. The van der Waals surface area contributed by atoms with E-state index in [4.69, 9.17) is 9.47 Å². The molecule has 7 nitrogen and oxygen atoms in total. The van der Waals surface area contributed by atoms with Crippen LogP contribution in [0.1, 0.15) is 30.6 Å². The van der Waals surface area contributed by atoms with E-state index < -0.39 is 11.7 Å². The van der Waals surface area contributed by atoms with Gasteiger partial charge in [0, 0.05) is 24.4 Å². The molecule has 2 aliphatic rings. The summed E-state index contributed by atoms with van der Waals surface area (Å²) in [7, 11) is 0. The molecule has 2 amide bonds. The van der Waals surface area contributed by atoms with Gasteiger partial charge in [-0.15, -0.1) is 23.1 Å². The number of thiazole rings is 1. The first-order valence-electron chi connectivity index (χ1n) is 11.5. The van der Waals surface area contributed by atoms with Crippen molar-refractivity contribution in [3.05, 3.63) is 63.5 Å². The smallest absolute Gasteiger partial charge is 0.416 e. The average molecular weight is 550 g/mol. The van der Waals surface area contributed by atoms with E-state index in [1.54, 1.807) is 30.0 Å². The normalized spacial score (nSPS) is 17.1. The van der Waals surface area contributed by atoms with Gasteiger partial charge in [0.1, 0.15) is 18.1 Å². The zero-order valence-corrected chi connectivity index (χ0v) is 21.3. The Kier molecular flexibility index (Phi) is 7.04. The van der Waals surface area contributed by atoms with Gasteiger partial charge in [0.2, 0.25) is 0 Å². The molecule has 0 saturated carbocycles. The SMILES string of the molecule is Cc1nc(-c2cccc(C(F)(F)F)c2)c(C(=O)N2CCSC2CNC(=O)c2cccc3c2OCCO3)s1. The Morgan fingerprint density at radius 2 is 1.95 bits per heavy atom. The first-order valence-corrected chi connectivity index (χ1v) is 13.3. The Bertz CT molecular complexity index is 1340. The molecule has 0 spiro atoms. The van der Waals surface area contributed by atoms with Gasteiger partial charge in [0.15, 0.2) is 11.5 Å². The molecule has 1 unspecified atom stereocenters. The first kappa shape index (κ1) is 25.4. The number of alkyl halides is 3. The molecule has 2 aromatic carbocycles. The summed E-state index contributed by atoms with van der Waals surface area (Å²) in [4.78, 5) is 32.8. The van der Waals surface area contributed by atoms with E-state index in [1.165, 1.54) is 23.9 Å². The maximum absolute atomic E-state index is 13.6. The van der Waals surface area contributed by atoms with Crippen LogP contribution in [0.25, 0.3) is 11.3 Å². The lowest BCUT2D eigenvalue weighted by Crippen LogP contribution is -2.42. The van der Waals surface area contributed by atoms with Crippen LogP contribution in [0.4, 0.5) is 13.2 Å². The third-order valence-electron chi connectivity index (χ3n) is 5.89. The van der Waals surface area contributed by atoms with Gasteiger partial charge in [-0.2, -0.15) is 13.2 Å². The van der Waals surface area contributed by atoms with Gasteiger partial charge in [-0.25, -0.2) is 4.98 Å². The van der Waals surface area contributed by atoms with Gasteiger partial charge < -0.3 is 19.7 Å². The minimum Gasteiger partial charge on any atom is -0.486 e. The molecule has 0 bridgehead atoms. The minimum atomic E-state index is -4.50. The third-order valence-corrected chi connectivity index (χ3v) is 8.07. The number of nitrogens with zero attached hydrogens (tertiary/aromatic N) is 2. The fourth-order valence-electron chi connectivity index (χ4n) is 4.19. The summed E-state index contributed by atoms with van der Waals surface area (Å²) < 4.78 is 51.0. The highest BCUT2D eigenvalue weighted by Crippen LogP contribution is 2.37. The topological polar surface area (TPSA) is 80.8 Å². The number of carbonyl (C=O) groups excluding carboxylic acids is 2. The number of carbonyl (C=O) groups is 2. The number of halogens is 3. The maximum atomic E-state index is 13.6. The highest BCUT2D eigenvalue weighted by atomic mass is 32.2. The lowest BCUT2D eigenvalue weighted by molar-refractivity contribution is -0.137. The predicted octanol–water partition coefficient (Wildman–Crippen LogP) is 4.85. The predicted molar refractivity (Wildman–Crippen MR) is 134 cm³/mol. The van der Waals surface area contributed by atoms with E-state index in [0.717, 1.165) is 23.5 Å². The molecular weight excluding hydrogens is 527 g/mol. The molecule has 194 valence electrons. The number of aromatic nitrogens is 1. The van der Waals surface area contributed by atoms with Crippen LogP contribution in [0.2, 0.25) is 0 Å². The molecule has 1 atom stereocenters. The quantitative estimate of drug-likeness (QED) is 0.490. The first-order chi connectivity index (χ1) is 17.7. The van der Waals surface area contributed by atoms with Crippen LogP contribution in [0.3, 0.4) is 0 Å². The van der Waals surface area contributed by atoms with Gasteiger partial charge in [-0.05, 0) is 31.2 Å². The molecule has 0 aliphatic carbocycles. The number of hydrogen-bond donors (Lipinski definition) is 1. The average Bonchev–Trinajstić information content (AvgIpc) is 3.52. The van der Waals surface area contributed by atoms with Crippen LogP contribution >= 0.6 is 23.1 Å². The fraction of sp³-hybridized carbons (Fsp3) is 0.320. The number of hydrogen-bond acceptors (Lipinski definition) is 7. The summed E-state index contributed by atoms with van der Waals surface area (Å²) in [5.41, 5.74) is 0.00785. The van der Waals surface area contributed by atoms with Crippen LogP contribution in [0, 0.1) is 6.92 Å². The zero-order chi connectivity index (χ0) is 26.2. The fourth-order valence-corrected chi connectivity index (χ4v) is 6.24. The summed E-state index contributed by atoms with van der Waals surface area (Å²) in [6.45, 7) is 3.10. The van der Waals surface area contributed by atoms with Crippen molar-refractivity contribution in [1.82, 2.24) is 15.2 Å². The highest BCUT2D eigenvalue weighted by molar-refractivity contribution is 8.00. The molecule has 12 heteroatoms. The van der Waals surface area contributed by atoms with Crippen molar-refractivity contribution in [1.29, 1.82) is 0 Å².